The zero-order valence-corrected chi connectivity index (χ0v) is 6.46. The fraction of sp³-hybridized carbons (Fsp3) is 0.500. The molecule has 1 rings (SSSR count). The van der Waals surface area contributed by atoms with Crippen molar-refractivity contribution in [2.75, 3.05) is 0 Å². The SMILES string of the molecule is Cn1c(CCl)n[nH]c1=S. The molecular formula is C4H6ClN3S. The maximum atomic E-state index is 5.50. The number of rotatable bonds is 1. The largest absolute Gasteiger partial charge is 0.306 e. The molecule has 0 fully saturated rings. The molecule has 0 spiro atoms. The third-order valence-electron chi connectivity index (χ3n) is 1.09. The van der Waals surface area contributed by atoms with Crippen LogP contribution >= 0.6 is 23.8 Å². The van der Waals surface area contributed by atoms with Crippen molar-refractivity contribution in [3.05, 3.63) is 10.6 Å². The van der Waals surface area contributed by atoms with Crippen LogP contribution in [0, 0.1) is 4.77 Å². The lowest BCUT2D eigenvalue weighted by Crippen LogP contribution is -1.93. The fourth-order valence-electron chi connectivity index (χ4n) is 0.499. The van der Waals surface area contributed by atoms with Gasteiger partial charge in [0.2, 0.25) is 0 Å². The van der Waals surface area contributed by atoms with E-state index in [2.05, 4.69) is 10.2 Å². The van der Waals surface area contributed by atoms with Crippen LogP contribution in [0.4, 0.5) is 0 Å². The van der Waals surface area contributed by atoms with Gasteiger partial charge >= 0.3 is 0 Å². The van der Waals surface area contributed by atoms with Gasteiger partial charge in [0, 0.05) is 7.05 Å². The first-order valence-electron chi connectivity index (χ1n) is 2.42. The van der Waals surface area contributed by atoms with Crippen molar-refractivity contribution >= 4 is 23.8 Å². The van der Waals surface area contributed by atoms with Gasteiger partial charge < -0.3 is 4.57 Å². The first-order chi connectivity index (χ1) is 4.25. The minimum atomic E-state index is 0.393. The highest BCUT2D eigenvalue weighted by Crippen LogP contribution is 1.96. The summed E-state index contributed by atoms with van der Waals surface area (Å²) >= 11 is 10.3. The van der Waals surface area contributed by atoms with Crippen LogP contribution < -0.4 is 0 Å². The molecule has 1 heterocycles. The number of nitrogens with one attached hydrogen (secondary N) is 1. The predicted molar refractivity (Wildman–Crippen MR) is 37.9 cm³/mol. The summed E-state index contributed by atoms with van der Waals surface area (Å²) in [4.78, 5) is 0. The highest BCUT2D eigenvalue weighted by atomic mass is 35.5. The van der Waals surface area contributed by atoms with Gasteiger partial charge in [-0.05, 0) is 12.2 Å². The summed E-state index contributed by atoms with van der Waals surface area (Å²) in [6.07, 6.45) is 0. The van der Waals surface area contributed by atoms with E-state index in [4.69, 9.17) is 23.8 Å². The molecule has 0 atom stereocenters. The maximum absolute atomic E-state index is 5.50. The van der Waals surface area contributed by atoms with E-state index in [1.807, 2.05) is 7.05 Å². The Kier molecular flexibility index (Phi) is 1.87. The monoisotopic (exact) mass is 163 g/mol. The quantitative estimate of drug-likeness (QED) is 0.499. The topological polar surface area (TPSA) is 33.6 Å². The van der Waals surface area contributed by atoms with Crippen LogP contribution in [0.1, 0.15) is 5.82 Å². The van der Waals surface area contributed by atoms with Crippen LogP contribution in [-0.4, -0.2) is 14.8 Å². The van der Waals surface area contributed by atoms with Crippen molar-refractivity contribution in [1.29, 1.82) is 0 Å². The molecule has 0 saturated carbocycles. The third kappa shape index (κ3) is 1.14. The molecule has 0 bridgehead atoms. The predicted octanol–water partition coefficient (Wildman–Crippen LogP) is 1.22. The normalized spacial score (nSPS) is 10.0. The van der Waals surface area contributed by atoms with Gasteiger partial charge in [0.15, 0.2) is 4.77 Å². The van der Waals surface area contributed by atoms with Crippen LogP contribution in [0.2, 0.25) is 0 Å². The van der Waals surface area contributed by atoms with Crippen molar-refractivity contribution in [3.63, 3.8) is 0 Å². The van der Waals surface area contributed by atoms with Gasteiger partial charge in [-0.1, -0.05) is 0 Å². The second-order valence-electron chi connectivity index (χ2n) is 1.64. The number of hydrogen-bond acceptors (Lipinski definition) is 2. The standard InChI is InChI=1S/C4H6ClN3S/c1-8-3(2-5)6-7-4(8)9/h2H2,1H3,(H,7,9). The molecular weight excluding hydrogens is 158 g/mol. The zero-order valence-electron chi connectivity index (χ0n) is 4.89. The average molecular weight is 164 g/mol. The van der Waals surface area contributed by atoms with Gasteiger partial charge in [0.1, 0.15) is 5.82 Å². The highest BCUT2D eigenvalue weighted by molar-refractivity contribution is 7.71. The van der Waals surface area contributed by atoms with E-state index >= 15 is 0 Å². The Hall–Kier alpha value is -0.350. The smallest absolute Gasteiger partial charge is 0.194 e. The second kappa shape index (κ2) is 2.49. The summed E-state index contributed by atoms with van der Waals surface area (Å²) in [6, 6.07) is 0. The van der Waals surface area contributed by atoms with Crippen LogP contribution in [0.5, 0.6) is 0 Å². The van der Waals surface area contributed by atoms with Gasteiger partial charge in [0.05, 0.1) is 5.88 Å². The Balaban J connectivity index is 3.20. The van der Waals surface area contributed by atoms with E-state index in [0.29, 0.717) is 10.7 Å². The van der Waals surface area contributed by atoms with Gasteiger partial charge in [0.25, 0.3) is 0 Å². The highest BCUT2D eigenvalue weighted by Gasteiger charge is 1.96. The van der Waals surface area contributed by atoms with Crippen LogP contribution in [-0.2, 0) is 12.9 Å². The molecule has 0 aliphatic carbocycles. The Labute approximate surface area is 62.7 Å². The van der Waals surface area contributed by atoms with Crippen molar-refractivity contribution in [2.24, 2.45) is 7.05 Å². The van der Waals surface area contributed by atoms with Crippen molar-refractivity contribution < 1.29 is 0 Å². The molecule has 1 aromatic heterocycles. The van der Waals surface area contributed by atoms with Crippen molar-refractivity contribution in [3.8, 4) is 0 Å². The molecule has 0 aliphatic heterocycles. The molecule has 0 aliphatic rings. The van der Waals surface area contributed by atoms with Crippen molar-refractivity contribution in [2.45, 2.75) is 5.88 Å². The minimum absolute atomic E-state index is 0.393. The molecule has 50 valence electrons. The Morgan fingerprint density at radius 1 is 1.89 bits per heavy atom. The third-order valence-corrected chi connectivity index (χ3v) is 1.70. The summed E-state index contributed by atoms with van der Waals surface area (Å²) in [5.74, 6) is 1.16. The summed E-state index contributed by atoms with van der Waals surface area (Å²) in [5.41, 5.74) is 0. The molecule has 0 saturated heterocycles. The summed E-state index contributed by atoms with van der Waals surface area (Å²) in [7, 11) is 1.82. The van der Waals surface area contributed by atoms with Gasteiger partial charge in [-0.25, -0.2) is 0 Å². The van der Waals surface area contributed by atoms with E-state index in [9.17, 15) is 0 Å². The first kappa shape index (κ1) is 6.77. The van der Waals surface area contributed by atoms with E-state index in [1.165, 1.54) is 0 Å². The van der Waals surface area contributed by atoms with E-state index in [-0.39, 0.29) is 0 Å². The van der Waals surface area contributed by atoms with Crippen LogP contribution in [0.15, 0.2) is 0 Å². The number of H-pyrrole nitrogens is 1. The number of halogens is 1. The Bertz CT molecular complexity index is 251. The van der Waals surface area contributed by atoms with Crippen LogP contribution in [0.25, 0.3) is 0 Å². The molecule has 0 amide bonds. The molecule has 1 aromatic rings. The molecule has 0 radical (unpaired) electrons. The maximum Gasteiger partial charge on any atom is 0.194 e. The average Bonchev–Trinajstić information content (AvgIpc) is 2.15. The molecule has 1 N–H and O–H groups in total. The molecule has 3 nitrogen and oxygen atoms in total. The number of hydrogen-bond donors (Lipinski definition) is 1. The van der Waals surface area contributed by atoms with Gasteiger partial charge in [-0.2, -0.15) is 5.10 Å². The lowest BCUT2D eigenvalue weighted by Gasteiger charge is -1.90. The van der Waals surface area contributed by atoms with Gasteiger partial charge in [-0.15, -0.1) is 11.6 Å². The van der Waals surface area contributed by atoms with Crippen molar-refractivity contribution in [1.82, 2.24) is 14.8 Å². The fourth-order valence-corrected chi connectivity index (χ4v) is 0.889. The lowest BCUT2D eigenvalue weighted by atomic mass is 10.7. The Morgan fingerprint density at radius 2 is 2.56 bits per heavy atom. The summed E-state index contributed by atoms with van der Waals surface area (Å²) < 4.78 is 2.34. The number of alkyl halides is 1. The molecule has 0 aromatic carbocycles. The lowest BCUT2D eigenvalue weighted by molar-refractivity contribution is 0.837. The number of nitrogens with zero attached hydrogens (tertiary/aromatic N) is 2. The zero-order chi connectivity index (χ0) is 6.85. The van der Waals surface area contributed by atoms with E-state index in [0.717, 1.165) is 5.82 Å². The van der Waals surface area contributed by atoms with E-state index in [1.54, 1.807) is 4.57 Å². The number of aromatic amines is 1. The molecule has 5 heteroatoms. The first-order valence-corrected chi connectivity index (χ1v) is 3.36. The molecule has 9 heavy (non-hydrogen) atoms. The van der Waals surface area contributed by atoms with Crippen LogP contribution in [0.3, 0.4) is 0 Å². The molecule has 0 unspecified atom stereocenters. The second-order valence-corrected chi connectivity index (χ2v) is 2.29. The Morgan fingerprint density at radius 3 is 2.78 bits per heavy atom. The number of aromatic nitrogens is 3. The van der Waals surface area contributed by atoms with E-state index < -0.39 is 0 Å². The minimum Gasteiger partial charge on any atom is -0.306 e. The van der Waals surface area contributed by atoms with Gasteiger partial charge in [-0.3, -0.25) is 5.10 Å². The summed E-state index contributed by atoms with van der Waals surface area (Å²) in [6.45, 7) is 0. The summed E-state index contributed by atoms with van der Waals surface area (Å²) in [5, 5.41) is 6.47.